The fourth-order valence-corrected chi connectivity index (χ4v) is 1.68. The van der Waals surface area contributed by atoms with Crippen molar-refractivity contribution in [1.29, 1.82) is 0 Å². The molecule has 2 heterocycles. The zero-order valence-corrected chi connectivity index (χ0v) is 10.2. The van der Waals surface area contributed by atoms with Gasteiger partial charge in [-0.3, -0.25) is 19.0 Å². The van der Waals surface area contributed by atoms with Crippen LogP contribution in [0, 0.1) is 12.7 Å². The summed E-state index contributed by atoms with van der Waals surface area (Å²) in [7, 11) is 0. The summed E-state index contributed by atoms with van der Waals surface area (Å²) in [6, 6.07) is 0. The number of hydrogen-bond donors (Lipinski definition) is 1. The number of rotatable bonds is 3. The van der Waals surface area contributed by atoms with E-state index >= 15 is 0 Å². The summed E-state index contributed by atoms with van der Waals surface area (Å²) in [6.45, 7) is 2.17. The quantitative estimate of drug-likeness (QED) is 0.829. The normalized spacial score (nSPS) is 10.8. The second-order valence-corrected chi connectivity index (χ2v) is 4.17. The molecule has 0 spiro atoms. The highest BCUT2D eigenvalue weighted by Gasteiger charge is 2.11. The third-order valence-corrected chi connectivity index (χ3v) is 2.66. The third kappa shape index (κ3) is 2.35. The summed E-state index contributed by atoms with van der Waals surface area (Å²) < 4.78 is 15.6. The Kier molecular flexibility index (Phi) is 3.33. The smallest absolute Gasteiger partial charge is 0.295 e. The Labute approximate surface area is 106 Å². The van der Waals surface area contributed by atoms with E-state index in [0.717, 1.165) is 10.1 Å². The molecular weight excluding hydrogens is 263 g/mol. The molecule has 2 aromatic rings. The molecule has 0 atom stereocenters. The number of H-pyrrole nitrogens is 1. The summed E-state index contributed by atoms with van der Waals surface area (Å²) in [6.07, 6.45) is 3.40. The molecular formula is C10H10ClFN4O2. The standard InChI is InChI=1S/C10H10ClFN4O2/c1-6-4-13-15(5-6)2-3-16-9(17)7(12)8(11)14-10(16)18/h4-5H,2-3H2,1H3,(H,14,18). The molecule has 1 N–H and O–H groups in total. The first kappa shape index (κ1) is 12.6. The van der Waals surface area contributed by atoms with Gasteiger partial charge in [0.25, 0.3) is 5.56 Å². The van der Waals surface area contributed by atoms with Crippen LogP contribution in [-0.2, 0) is 13.1 Å². The van der Waals surface area contributed by atoms with Crippen molar-refractivity contribution in [3.63, 3.8) is 0 Å². The van der Waals surface area contributed by atoms with Crippen molar-refractivity contribution in [1.82, 2.24) is 19.3 Å². The van der Waals surface area contributed by atoms with Crippen molar-refractivity contribution in [3.8, 4) is 0 Å². The van der Waals surface area contributed by atoms with Gasteiger partial charge in [0.05, 0.1) is 19.3 Å². The maximum absolute atomic E-state index is 13.2. The summed E-state index contributed by atoms with van der Waals surface area (Å²) in [5, 5.41) is 3.43. The lowest BCUT2D eigenvalue weighted by Crippen LogP contribution is -2.38. The van der Waals surface area contributed by atoms with Crippen molar-refractivity contribution in [3.05, 3.63) is 49.8 Å². The Morgan fingerprint density at radius 2 is 2.17 bits per heavy atom. The predicted octanol–water partition coefficient (Wildman–Crippen LogP) is 0.534. The van der Waals surface area contributed by atoms with Crippen LogP contribution >= 0.6 is 11.6 Å². The lowest BCUT2D eigenvalue weighted by Gasteiger charge is -2.05. The second-order valence-electron chi connectivity index (χ2n) is 3.80. The minimum atomic E-state index is -1.16. The van der Waals surface area contributed by atoms with Gasteiger partial charge in [0, 0.05) is 6.20 Å². The monoisotopic (exact) mass is 272 g/mol. The highest BCUT2D eigenvalue weighted by Crippen LogP contribution is 2.02. The zero-order valence-electron chi connectivity index (χ0n) is 9.48. The van der Waals surface area contributed by atoms with Crippen LogP contribution in [0.4, 0.5) is 4.39 Å². The lowest BCUT2D eigenvalue weighted by atomic mass is 10.4. The van der Waals surface area contributed by atoms with Gasteiger partial charge in [-0.25, -0.2) is 4.79 Å². The lowest BCUT2D eigenvalue weighted by molar-refractivity contribution is 0.483. The van der Waals surface area contributed by atoms with Crippen molar-refractivity contribution >= 4 is 11.6 Å². The highest BCUT2D eigenvalue weighted by atomic mass is 35.5. The Morgan fingerprint density at radius 1 is 1.44 bits per heavy atom. The fourth-order valence-electron chi connectivity index (χ4n) is 1.52. The van der Waals surface area contributed by atoms with Gasteiger partial charge in [-0.15, -0.1) is 0 Å². The molecule has 0 unspecified atom stereocenters. The highest BCUT2D eigenvalue weighted by molar-refractivity contribution is 6.29. The molecule has 8 heteroatoms. The van der Waals surface area contributed by atoms with Gasteiger partial charge in [-0.2, -0.15) is 9.49 Å². The number of nitrogens with zero attached hydrogens (tertiary/aromatic N) is 3. The summed E-state index contributed by atoms with van der Waals surface area (Å²) in [4.78, 5) is 25.0. The topological polar surface area (TPSA) is 72.7 Å². The van der Waals surface area contributed by atoms with Crippen LogP contribution in [0.25, 0.3) is 0 Å². The van der Waals surface area contributed by atoms with Crippen LogP contribution < -0.4 is 11.2 Å². The molecule has 0 aliphatic carbocycles. The van der Waals surface area contributed by atoms with Crippen molar-refractivity contribution < 1.29 is 4.39 Å². The number of hydrogen-bond acceptors (Lipinski definition) is 3. The molecule has 0 aliphatic rings. The van der Waals surface area contributed by atoms with Crippen molar-refractivity contribution in [2.24, 2.45) is 0 Å². The van der Waals surface area contributed by atoms with Crippen molar-refractivity contribution in [2.45, 2.75) is 20.0 Å². The number of aromatic amines is 1. The fraction of sp³-hybridized carbons (Fsp3) is 0.300. The molecule has 0 aliphatic heterocycles. The Bertz CT molecular complexity index is 688. The minimum Gasteiger partial charge on any atom is -0.295 e. The predicted molar refractivity (Wildman–Crippen MR) is 63.3 cm³/mol. The molecule has 0 amide bonds. The summed E-state index contributed by atoms with van der Waals surface area (Å²) in [5.41, 5.74) is -0.818. The maximum atomic E-state index is 13.2. The number of nitrogens with one attached hydrogen (secondary N) is 1. The van der Waals surface area contributed by atoms with E-state index in [2.05, 4.69) is 10.1 Å². The Balaban J connectivity index is 2.28. The van der Waals surface area contributed by atoms with E-state index in [9.17, 15) is 14.0 Å². The second kappa shape index (κ2) is 4.77. The van der Waals surface area contributed by atoms with E-state index in [1.54, 1.807) is 17.1 Å². The van der Waals surface area contributed by atoms with Gasteiger partial charge >= 0.3 is 5.69 Å². The first-order valence-corrected chi connectivity index (χ1v) is 5.54. The van der Waals surface area contributed by atoms with Crippen molar-refractivity contribution in [2.75, 3.05) is 0 Å². The van der Waals surface area contributed by atoms with E-state index in [-0.39, 0.29) is 13.1 Å². The van der Waals surface area contributed by atoms with E-state index in [1.807, 2.05) is 6.92 Å². The summed E-state index contributed by atoms with van der Waals surface area (Å²) >= 11 is 5.35. The number of aryl methyl sites for hydroxylation is 2. The molecule has 2 aromatic heterocycles. The van der Waals surface area contributed by atoms with Gasteiger partial charge in [0.2, 0.25) is 5.82 Å². The molecule has 0 radical (unpaired) electrons. The zero-order chi connectivity index (χ0) is 13.3. The number of halogens is 2. The van der Waals surface area contributed by atoms with Gasteiger partial charge in [0.1, 0.15) is 0 Å². The molecule has 6 nitrogen and oxygen atoms in total. The minimum absolute atomic E-state index is 0.0172. The first-order chi connectivity index (χ1) is 8.49. The van der Waals surface area contributed by atoms with Crippen LogP contribution in [-0.4, -0.2) is 19.3 Å². The van der Waals surface area contributed by atoms with Crippen LogP contribution in [0.1, 0.15) is 5.56 Å². The number of aromatic nitrogens is 4. The molecule has 0 aromatic carbocycles. The Hall–Kier alpha value is -1.89. The first-order valence-electron chi connectivity index (χ1n) is 5.16. The largest absolute Gasteiger partial charge is 0.329 e. The molecule has 18 heavy (non-hydrogen) atoms. The summed E-state index contributed by atoms with van der Waals surface area (Å²) in [5.74, 6) is -1.16. The average Bonchev–Trinajstić information content (AvgIpc) is 2.72. The SMILES string of the molecule is Cc1cnn(CCn2c(=O)[nH]c(Cl)c(F)c2=O)c1. The van der Waals surface area contributed by atoms with E-state index in [0.29, 0.717) is 0 Å². The maximum Gasteiger partial charge on any atom is 0.329 e. The van der Waals surface area contributed by atoms with Crippen LogP contribution in [0.5, 0.6) is 0 Å². The van der Waals surface area contributed by atoms with Gasteiger partial charge < -0.3 is 0 Å². The molecule has 0 fully saturated rings. The van der Waals surface area contributed by atoms with Gasteiger partial charge in [0.15, 0.2) is 5.15 Å². The molecule has 0 saturated carbocycles. The molecule has 0 saturated heterocycles. The van der Waals surface area contributed by atoms with E-state index in [1.165, 1.54) is 0 Å². The van der Waals surface area contributed by atoms with Crippen LogP contribution in [0.2, 0.25) is 5.15 Å². The van der Waals surface area contributed by atoms with Gasteiger partial charge in [-0.1, -0.05) is 11.6 Å². The van der Waals surface area contributed by atoms with Gasteiger partial charge in [-0.05, 0) is 12.5 Å². The third-order valence-electron chi connectivity index (χ3n) is 2.40. The molecule has 2 rings (SSSR count). The molecule has 96 valence electrons. The molecule has 0 bridgehead atoms. The van der Waals surface area contributed by atoms with Crippen LogP contribution in [0.3, 0.4) is 0 Å². The van der Waals surface area contributed by atoms with E-state index < -0.39 is 22.2 Å². The van der Waals surface area contributed by atoms with Crippen LogP contribution in [0.15, 0.2) is 22.0 Å². The van der Waals surface area contributed by atoms with E-state index in [4.69, 9.17) is 11.6 Å². The Morgan fingerprint density at radius 3 is 2.78 bits per heavy atom. The average molecular weight is 273 g/mol.